The molecule has 0 spiro atoms. The summed E-state index contributed by atoms with van der Waals surface area (Å²) in [7, 11) is -5.53. The van der Waals surface area contributed by atoms with Gasteiger partial charge in [0.2, 0.25) is 10.0 Å². The van der Waals surface area contributed by atoms with Gasteiger partial charge in [0.25, 0.3) is 0 Å². The number of sulfonamides is 1. The number of nitrogens with zero attached hydrogens (tertiary/aromatic N) is 3. The van der Waals surface area contributed by atoms with Gasteiger partial charge in [-0.1, -0.05) is 6.07 Å². The van der Waals surface area contributed by atoms with Crippen LogP contribution in [0.1, 0.15) is 6.42 Å². The van der Waals surface area contributed by atoms with Crippen molar-refractivity contribution < 1.29 is 16.8 Å². The van der Waals surface area contributed by atoms with Gasteiger partial charge in [-0.2, -0.15) is 13.1 Å². The summed E-state index contributed by atoms with van der Waals surface area (Å²) in [5.74, 6) is -0.103. The Morgan fingerprint density at radius 3 is 2.76 bits per heavy atom. The molecule has 21 heavy (non-hydrogen) atoms. The van der Waals surface area contributed by atoms with E-state index in [1.165, 1.54) is 13.1 Å². The fraction of sp³-hybridized carbons (Fsp3) is 0.455. The Morgan fingerprint density at radius 2 is 2.10 bits per heavy atom. The monoisotopic (exact) mass is 347 g/mol. The van der Waals surface area contributed by atoms with E-state index < -0.39 is 25.9 Å². The molecule has 7 nitrogen and oxygen atoms in total. The maximum Gasteiger partial charge on any atom is 0.245 e. The van der Waals surface area contributed by atoms with E-state index in [9.17, 15) is 16.8 Å². The second-order valence-electron chi connectivity index (χ2n) is 4.97. The zero-order valence-corrected chi connectivity index (χ0v) is 13.6. The second-order valence-corrected chi connectivity index (χ2v) is 9.69. The minimum Gasteiger partial charge on any atom is -0.229 e. The zero-order chi connectivity index (χ0) is 15.3. The molecule has 1 fully saturated rings. The van der Waals surface area contributed by atoms with Gasteiger partial charge >= 0.3 is 0 Å². The Balaban J connectivity index is 2.03. The van der Waals surface area contributed by atoms with Crippen molar-refractivity contribution in [3.63, 3.8) is 0 Å². The fourth-order valence-electron chi connectivity index (χ4n) is 2.40. The van der Waals surface area contributed by atoms with Gasteiger partial charge in [-0.25, -0.2) is 16.8 Å². The Labute approximate surface area is 126 Å². The Hall–Kier alpha value is -1.10. The van der Waals surface area contributed by atoms with Crippen LogP contribution in [0.4, 0.5) is 0 Å². The van der Waals surface area contributed by atoms with Crippen molar-refractivity contribution in [3.8, 4) is 0 Å². The Bertz CT molecular complexity index is 888. The molecule has 114 valence electrons. The molecule has 1 atom stereocenters. The second kappa shape index (κ2) is 4.97. The third-order valence-corrected chi connectivity index (χ3v) is 7.86. The van der Waals surface area contributed by atoms with Crippen LogP contribution in [-0.2, 0) is 19.9 Å². The molecule has 0 N–H and O–H groups in total. The van der Waals surface area contributed by atoms with E-state index in [1.807, 2.05) is 0 Å². The lowest BCUT2D eigenvalue weighted by Crippen LogP contribution is -2.37. The summed E-state index contributed by atoms with van der Waals surface area (Å²) in [5, 5.41) is 0. The van der Waals surface area contributed by atoms with Crippen LogP contribution in [0.15, 0.2) is 23.1 Å². The van der Waals surface area contributed by atoms with Gasteiger partial charge in [-0.3, -0.25) is 0 Å². The Morgan fingerprint density at radius 1 is 1.33 bits per heavy atom. The van der Waals surface area contributed by atoms with Crippen LogP contribution in [0.25, 0.3) is 11.0 Å². The first kappa shape index (κ1) is 14.8. The van der Waals surface area contributed by atoms with Crippen LogP contribution in [-0.4, -0.2) is 54.5 Å². The molecular weight excluding hydrogens is 334 g/mol. The average molecular weight is 347 g/mol. The SMILES string of the molecule is CN([C@@H]1CCS(=O)(=O)C1)S(=O)(=O)c1cccc2nsnc12. The summed E-state index contributed by atoms with van der Waals surface area (Å²) in [6.07, 6.45) is 0.323. The van der Waals surface area contributed by atoms with Gasteiger partial charge in [0.1, 0.15) is 15.9 Å². The van der Waals surface area contributed by atoms with Crippen molar-refractivity contribution in [2.24, 2.45) is 0 Å². The van der Waals surface area contributed by atoms with Crippen LogP contribution in [0.3, 0.4) is 0 Å². The first-order chi connectivity index (χ1) is 9.81. The van der Waals surface area contributed by atoms with Crippen molar-refractivity contribution in [2.75, 3.05) is 18.6 Å². The largest absolute Gasteiger partial charge is 0.245 e. The van der Waals surface area contributed by atoms with Gasteiger partial charge in [0.05, 0.1) is 23.2 Å². The van der Waals surface area contributed by atoms with Gasteiger partial charge in [-0.15, -0.1) is 0 Å². The number of aromatic nitrogens is 2. The van der Waals surface area contributed by atoms with Crippen molar-refractivity contribution >= 4 is 42.6 Å². The molecular formula is C11H13N3O4S3. The molecule has 2 heterocycles. The smallest absolute Gasteiger partial charge is 0.229 e. The highest BCUT2D eigenvalue weighted by Gasteiger charge is 2.37. The lowest BCUT2D eigenvalue weighted by molar-refractivity contribution is 0.394. The maximum atomic E-state index is 12.7. The predicted molar refractivity (Wildman–Crippen MR) is 79.4 cm³/mol. The van der Waals surface area contributed by atoms with Crippen molar-refractivity contribution in [1.82, 2.24) is 13.1 Å². The van der Waals surface area contributed by atoms with E-state index in [1.54, 1.807) is 12.1 Å². The number of fused-ring (bicyclic) bond motifs is 1. The minimum atomic E-state index is -3.80. The average Bonchev–Trinajstić information content (AvgIpc) is 3.03. The molecule has 1 saturated heterocycles. The number of hydrogen-bond donors (Lipinski definition) is 0. The highest BCUT2D eigenvalue weighted by Crippen LogP contribution is 2.27. The summed E-state index contributed by atoms with van der Waals surface area (Å²) in [4.78, 5) is 0.0700. The summed E-state index contributed by atoms with van der Waals surface area (Å²) < 4.78 is 57.7. The normalized spacial score (nSPS) is 22.1. The van der Waals surface area contributed by atoms with E-state index in [-0.39, 0.29) is 16.4 Å². The van der Waals surface area contributed by atoms with E-state index in [2.05, 4.69) is 8.75 Å². The summed E-state index contributed by atoms with van der Waals surface area (Å²) in [5.41, 5.74) is 0.851. The predicted octanol–water partition coefficient (Wildman–Crippen LogP) is 0.499. The van der Waals surface area contributed by atoms with Gasteiger partial charge in [0.15, 0.2) is 9.84 Å². The topological polar surface area (TPSA) is 97.3 Å². The highest BCUT2D eigenvalue weighted by molar-refractivity contribution is 7.92. The lowest BCUT2D eigenvalue weighted by atomic mass is 10.3. The highest BCUT2D eigenvalue weighted by atomic mass is 32.2. The molecule has 3 rings (SSSR count). The standard InChI is InChI=1S/C11H13N3O4S3/c1-14(8-5-6-20(15,16)7-8)21(17,18)10-4-2-3-9-11(10)13-19-12-9/h2-4,8H,5-7H2,1H3/t8-/m1/s1. The third kappa shape index (κ3) is 2.56. The molecule has 1 aliphatic heterocycles. The molecule has 0 aliphatic carbocycles. The summed E-state index contributed by atoms with van der Waals surface area (Å²) in [6, 6.07) is 4.24. The number of hydrogen-bond acceptors (Lipinski definition) is 7. The van der Waals surface area contributed by atoms with Crippen molar-refractivity contribution in [2.45, 2.75) is 17.4 Å². The molecule has 1 aliphatic rings. The fourth-order valence-corrected chi connectivity index (χ4v) is 6.41. The molecule has 0 amide bonds. The molecule has 0 unspecified atom stereocenters. The van der Waals surface area contributed by atoms with Crippen LogP contribution in [0.5, 0.6) is 0 Å². The van der Waals surface area contributed by atoms with Gasteiger partial charge in [-0.05, 0) is 18.6 Å². The van der Waals surface area contributed by atoms with Crippen LogP contribution < -0.4 is 0 Å². The Kier molecular flexibility index (Phi) is 3.51. The third-order valence-electron chi connectivity index (χ3n) is 3.63. The summed E-state index contributed by atoms with van der Waals surface area (Å²) in [6.45, 7) is 0. The van der Waals surface area contributed by atoms with Gasteiger partial charge in [0, 0.05) is 13.1 Å². The molecule has 0 bridgehead atoms. The molecule has 10 heteroatoms. The van der Waals surface area contributed by atoms with Crippen molar-refractivity contribution in [3.05, 3.63) is 18.2 Å². The molecule has 1 aromatic heterocycles. The molecule has 1 aromatic carbocycles. The number of sulfone groups is 1. The molecule has 2 aromatic rings. The van der Waals surface area contributed by atoms with E-state index in [4.69, 9.17) is 0 Å². The number of benzene rings is 1. The first-order valence-electron chi connectivity index (χ1n) is 6.21. The summed E-state index contributed by atoms with van der Waals surface area (Å²) >= 11 is 0.948. The zero-order valence-electron chi connectivity index (χ0n) is 11.1. The quantitative estimate of drug-likeness (QED) is 0.802. The van der Waals surface area contributed by atoms with E-state index >= 15 is 0 Å². The van der Waals surface area contributed by atoms with E-state index in [0.29, 0.717) is 17.5 Å². The van der Waals surface area contributed by atoms with E-state index in [0.717, 1.165) is 16.0 Å². The van der Waals surface area contributed by atoms with Crippen molar-refractivity contribution in [1.29, 1.82) is 0 Å². The molecule has 0 radical (unpaired) electrons. The van der Waals surface area contributed by atoms with Crippen LogP contribution in [0, 0.1) is 0 Å². The molecule has 0 saturated carbocycles. The lowest BCUT2D eigenvalue weighted by Gasteiger charge is -2.22. The first-order valence-corrected chi connectivity index (χ1v) is 10.2. The minimum absolute atomic E-state index is 0.0278. The van der Waals surface area contributed by atoms with Gasteiger partial charge < -0.3 is 0 Å². The maximum absolute atomic E-state index is 12.7. The van der Waals surface area contributed by atoms with Crippen LogP contribution >= 0.6 is 11.7 Å². The van der Waals surface area contributed by atoms with Crippen LogP contribution in [0.2, 0.25) is 0 Å². The number of rotatable bonds is 3.